The summed E-state index contributed by atoms with van der Waals surface area (Å²) in [6.45, 7) is 6.00. The summed E-state index contributed by atoms with van der Waals surface area (Å²) in [4.78, 5) is 21.7. The Morgan fingerprint density at radius 3 is 2.85 bits per heavy atom. The first-order valence-corrected chi connectivity index (χ1v) is 7.50. The molecule has 106 valence electrons. The minimum absolute atomic E-state index is 0.0404. The summed E-state index contributed by atoms with van der Waals surface area (Å²) in [7, 11) is 0. The first-order chi connectivity index (χ1) is 9.56. The largest absolute Gasteiger partial charge is 0.348 e. The van der Waals surface area contributed by atoms with Crippen LogP contribution in [0.15, 0.2) is 24.5 Å². The molecule has 5 heteroatoms. The molecule has 0 aliphatic rings. The van der Waals surface area contributed by atoms with Crippen LogP contribution in [-0.2, 0) is 11.2 Å². The molecule has 2 rings (SSSR count). The van der Waals surface area contributed by atoms with Gasteiger partial charge in [0.2, 0.25) is 5.91 Å². The summed E-state index contributed by atoms with van der Waals surface area (Å²) in [6.07, 6.45) is 4.71. The maximum Gasteiger partial charge on any atom is 0.220 e. The highest BCUT2D eigenvalue weighted by Gasteiger charge is 2.15. The third kappa shape index (κ3) is 3.87. The number of aryl methyl sites for hydroxylation is 3. The smallest absolute Gasteiger partial charge is 0.220 e. The SMILES string of the molecule is Cc1nc([C@@H](C)NC(=O)CCc2cccnc2)c(C)s1. The van der Waals surface area contributed by atoms with Gasteiger partial charge in [-0.3, -0.25) is 9.78 Å². The minimum atomic E-state index is -0.0404. The first kappa shape index (κ1) is 14.7. The van der Waals surface area contributed by atoms with Crippen LogP contribution in [0.3, 0.4) is 0 Å². The van der Waals surface area contributed by atoms with Crippen LogP contribution >= 0.6 is 11.3 Å². The van der Waals surface area contributed by atoms with Crippen molar-refractivity contribution in [2.75, 3.05) is 0 Å². The molecule has 20 heavy (non-hydrogen) atoms. The average Bonchev–Trinajstić information content (AvgIpc) is 2.77. The number of aromatic nitrogens is 2. The van der Waals surface area contributed by atoms with Crippen LogP contribution in [-0.4, -0.2) is 15.9 Å². The molecule has 0 bridgehead atoms. The number of hydrogen-bond donors (Lipinski definition) is 1. The van der Waals surface area contributed by atoms with Crippen molar-refractivity contribution in [2.45, 2.75) is 39.7 Å². The predicted molar refractivity (Wildman–Crippen MR) is 80.7 cm³/mol. The Bertz CT molecular complexity index is 580. The first-order valence-electron chi connectivity index (χ1n) is 6.68. The van der Waals surface area contributed by atoms with Crippen molar-refractivity contribution in [3.05, 3.63) is 45.7 Å². The zero-order chi connectivity index (χ0) is 14.5. The summed E-state index contributed by atoms with van der Waals surface area (Å²) in [6, 6.07) is 3.83. The fourth-order valence-corrected chi connectivity index (χ4v) is 3.05. The molecule has 0 saturated carbocycles. The van der Waals surface area contributed by atoms with Crippen molar-refractivity contribution in [2.24, 2.45) is 0 Å². The van der Waals surface area contributed by atoms with Gasteiger partial charge in [0.1, 0.15) is 0 Å². The second kappa shape index (κ2) is 6.61. The van der Waals surface area contributed by atoms with Gasteiger partial charge < -0.3 is 5.32 Å². The minimum Gasteiger partial charge on any atom is -0.348 e. The van der Waals surface area contributed by atoms with Crippen LogP contribution in [0, 0.1) is 13.8 Å². The average molecular weight is 289 g/mol. The van der Waals surface area contributed by atoms with Crippen molar-refractivity contribution in [3.63, 3.8) is 0 Å². The molecule has 2 aromatic heterocycles. The van der Waals surface area contributed by atoms with Crippen LogP contribution in [0.2, 0.25) is 0 Å². The van der Waals surface area contributed by atoms with Gasteiger partial charge in [-0.25, -0.2) is 4.98 Å². The van der Waals surface area contributed by atoms with Gasteiger partial charge in [0, 0.05) is 23.7 Å². The molecule has 1 amide bonds. The number of nitrogens with zero attached hydrogens (tertiary/aromatic N) is 2. The van der Waals surface area contributed by atoms with E-state index in [0.717, 1.165) is 16.3 Å². The molecule has 4 nitrogen and oxygen atoms in total. The molecular weight excluding hydrogens is 270 g/mol. The van der Waals surface area contributed by atoms with Gasteiger partial charge in [0.05, 0.1) is 16.7 Å². The van der Waals surface area contributed by atoms with Crippen LogP contribution in [0.4, 0.5) is 0 Å². The van der Waals surface area contributed by atoms with E-state index in [2.05, 4.69) is 15.3 Å². The standard InChI is InChI=1S/C15H19N3OS/c1-10(15-11(2)20-12(3)18-15)17-14(19)7-6-13-5-4-8-16-9-13/h4-5,8-10H,6-7H2,1-3H3,(H,17,19)/t10-/m1/s1. The van der Waals surface area contributed by atoms with Gasteiger partial charge in [-0.2, -0.15) is 0 Å². The lowest BCUT2D eigenvalue weighted by Crippen LogP contribution is -2.27. The summed E-state index contributed by atoms with van der Waals surface area (Å²) >= 11 is 1.66. The van der Waals surface area contributed by atoms with Crippen molar-refractivity contribution in [1.82, 2.24) is 15.3 Å². The predicted octanol–water partition coefficient (Wildman–Crippen LogP) is 2.96. The second-order valence-electron chi connectivity index (χ2n) is 4.82. The van der Waals surface area contributed by atoms with E-state index >= 15 is 0 Å². The molecule has 0 radical (unpaired) electrons. The van der Waals surface area contributed by atoms with Crippen LogP contribution in [0.5, 0.6) is 0 Å². The number of carbonyl (C=O) groups excluding carboxylic acids is 1. The van der Waals surface area contributed by atoms with Crippen molar-refractivity contribution in [3.8, 4) is 0 Å². The Morgan fingerprint density at radius 1 is 1.45 bits per heavy atom. The molecular formula is C15H19N3OS. The highest BCUT2D eigenvalue weighted by Crippen LogP contribution is 2.22. The van der Waals surface area contributed by atoms with Crippen molar-refractivity contribution in [1.29, 1.82) is 0 Å². The lowest BCUT2D eigenvalue weighted by Gasteiger charge is -2.12. The van der Waals surface area contributed by atoms with Crippen LogP contribution < -0.4 is 5.32 Å². The fourth-order valence-electron chi connectivity index (χ4n) is 2.13. The van der Waals surface area contributed by atoms with E-state index < -0.39 is 0 Å². The second-order valence-corrected chi connectivity index (χ2v) is 6.23. The molecule has 2 heterocycles. The quantitative estimate of drug-likeness (QED) is 0.920. The molecule has 0 spiro atoms. The number of pyridine rings is 1. The third-order valence-electron chi connectivity index (χ3n) is 3.09. The zero-order valence-corrected chi connectivity index (χ0v) is 12.8. The lowest BCUT2D eigenvalue weighted by atomic mass is 10.1. The normalized spacial score (nSPS) is 12.2. The maximum absolute atomic E-state index is 12.0. The molecule has 0 saturated heterocycles. The fraction of sp³-hybridized carbons (Fsp3) is 0.400. The summed E-state index contributed by atoms with van der Waals surface area (Å²) in [5.41, 5.74) is 2.05. The van der Waals surface area contributed by atoms with E-state index in [1.165, 1.54) is 4.88 Å². The highest BCUT2D eigenvalue weighted by atomic mass is 32.1. The van der Waals surface area contributed by atoms with Gasteiger partial charge in [0.15, 0.2) is 0 Å². The summed E-state index contributed by atoms with van der Waals surface area (Å²) in [5.74, 6) is 0.0476. The van der Waals surface area contributed by atoms with E-state index in [-0.39, 0.29) is 11.9 Å². The van der Waals surface area contributed by atoms with Gasteiger partial charge in [0.25, 0.3) is 0 Å². The topological polar surface area (TPSA) is 54.9 Å². The number of nitrogens with one attached hydrogen (secondary N) is 1. The van der Waals surface area contributed by atoms with Crippen molar-refractivity contribution >= 4 is 17.2 Å². The van der Waals surface area contributed by atoms with Gasteiger partial charge in [-0.05, 0) is 38.8 Å². The molecule has 0 unspecified atom stereocenters. The van der Waals surface area contributed by atoms with Gasteiger partial charge in [-0.1, -0.05) is 6.07 Å². The van der Waals surface area contributed by atoms with Crippen LogP contribution in [0.1, 0.15) is 40.5 Å². The molecule has 1 N–H and O–H groups in total. The number of thiazole rings is 1. The molecule has 0 fully saturated rings. The Labute approximate surface area is 123 Å². The number of amides is 1. The van der Waals surface area contributed by atoms with E-state index in [4.69, 9.17) is 0 Å². The number of hydrogen-bond acceptors (Lipinski definition) is 4. The zero-order valence-electron chi connectivity index (χ0n) is 12.0. The number of carbonyl (C=O) groups is 1. The Morgan fingerprint density at radius 2 is 2.25 bits per heavy atom. The molecule has 0 aliphatic heterocycles. The number of rotatable bonds is 5. The van der Waals surface area contributed by atoms with Crippen LogP contribution in [0.25, 0.3) is 0 Å². The molecule has 0 aliphatic carbocycles. The Kier molecular flexibility index (Phi) is 4.84. The highest BCUT2D eigenvalue weighted by molar-refractivity contribution is 7.11. The summed E-state index contributed by atoms with van der Waals surface area (Å²) in [5, 5.41) is 4.04. The van der Waals surface area contributed by atoms with E-state index in [1.807, 2.05) is 32.9 Å². The lowest BCUT2D eigenvalue weighted by molar-refractivity contribution is -0.121. The molecule has 1 atom stereocenters. The Hall–Kier alpha value is -1.75. The van der Waals surface area contributed by atoms with E-state index in [9.17, 15) is 4.79 Å². The molecule has 2 aromatic rings. The monoisotopic (exact) mass is 289 g/mol. The third-order valence-corrected chi connectivity index (χ3v) is 3.99. The Balaban J connectivity index is 1.87. The van der Waals surface area contributed by atoms with Gasteiger partial charge in [-0.15, -0.1) is 11.3 Å². The maximum atomic E-state index is 12.0. The van der Waals surface area contributed by atoms with Gasteiger partial charge >= 0.3 is 0 Å². The summed E-state index contributed by atoms with van der Waals surface area (Å²) < 4.78 is 0. The van der Waals surface area contributed by atoms with E-state index in [1.54, 1.807) is 23.7 Å². The van der Waals surface area contributed by atoms with E-state index in [0.29, 0.717) is 12.8 Å². The molecule has 0 aromatic carbocycles. The van der Waals surface area contributed by atoms with Crippen molar-refractivity contribution < 1.29 is 4.79 Å².